The van der Waals surface area contributed by atoms with Crippen LogP contribution in [0, 0.1) is 5.41 Å². The molecule has 0 aromatic heterocycles. The minimum atomic E-state index is -1.68. The van der Waals surface area contributed by atoms with E-state index in [1.807, 2.05) is 13.1 Å². The zero-order valence-corrected chi connectivity index (χ0v) is 10.2. The Morgan fingerprint density at radius 3 is 2.46 bits per heavy atom. The summed E-state index contributed by atoms with van der Waals surface area (Å²) < 4.78 is 13.4. The molecule has 0 radical (unpaired) electrons. The quantitative estimate of drug-likeness (QED) is 0.608. The Hall–Kier alpha value is -0.562. The number of nitrogens with zero attached hydrogens (tertiary/aromatic N) is 1. The van der Waals surface area contributed by atoms with Crippen LogP contribution in [0.15, 0.2) is 23.9 Å². The molecule has 0 fully saturated rings. The molecule has 0 amide bonds. The Balaban J connectivity index is 2.18. The topological polar surface area (TPSA) is 21.7 Å². The predicted octanol–water partition coefficient (Wildman–Crippen LogP) is 2.08. The van der Waals surface area contributed by atoms with Gasteiger partial charge in [0.1, 0.15) is 0 Å². The van der Waals surface area contributed by atoms with Crippen molar-refractivity contribution < 1.29 is 7.45 Å². The van der Waals surface area contributed by atoms with Crippen LogP contribution >= 0.6 is 0 Å². The minimum absolute atomic E-state index is 0.0875. The second-order valence-electron chi connectivity index (χ2n) is 4.28. The van der Waals surface area contributed by atoms with Gasteiger partial charge in [-0.05, 0) is 0 Å². The molecule has 0 aromatic rings. The van der Waals surface area contributed by atoms with Gasteiger partial charge in [0, 0.05) is 0 Å². The third-order valence-electron chi connectivity index (χ3n) is 1.89. The van der Waals surface area contributed by atoms with E-state index in [9.17, 15) is 0 Å². The standard InChI is InChI=1S/C9H14AsNO2/c1-7-5-11-6-8(9(2,3)4)13-10(11)12-7/h5-6H,1-4H3. The van der Waals surface area contributed by atoms with Gasteiger partial charge in [0.15, 0.2) is 0 Å². The summed E-state index contributed by atoms with van der Waals surface area (Å²) in [5, 5.41) is 0. The first-order chi connectivity index (χ1) is 5.97. The molecule has 0 aromatic carbocycles. The van der Waals surface area contributed by atoms with Gasteiger partial charge in [0.2, 0.25) is 0 Å². The summed E-state index contributed by atoms with van der Waals surface area (Å²) in [4.78, 5) is 0. The van der Waals surface area contributed by atoms with Crippen LogP contribution in [0.1, 0.15) is 27.7 Å². The molecule has 2 aliphatic heterocycles. The van der Waals surface area contributed by atoms with Crippen LogP contribution in [-0.4, -0.2) is 19.4 Å². The fraction of sp³-hybridized carbons (Fsp3) is 0.556. The zero-order valence-electron chi connectivity index (χ0n) is 8.37. The molecular weight excluding hydrogens is 229 g/mol. The van der Waals surface area contributed by atoms with Crippen molar-refractivity contribution in [1.82, 2.24) is 3.82 Å². The average Bonchev–Trinajstić information content (AvgIpc) is 2.40. The van der Waals surface area contributed by atoms with E-state index in [1.54, 1.807) is 0 Å². The number of hydrogen-bond acceptors (Lipinski definition) is 3. The fourth-order valence-corrected chi connectivity index (χ4v) is 4.21. The molecule has 0 N–H and O–H groups in total. The Bertz CT molecular complexity index is 290. The van der Waals surface area contributed by atoms with Crippen molar-refractivity contribution in [2.75, 3.05) is 0 Å². The van der Waals surface area contributed by atoms with Gasteiger partial charge in [0.25, 0.3) is 0 Å². The van der Waals surface area contributed by atoms with Gasteiger partial charge in [-0.25, -0.2) is 0 Å². The summed E-state index contributed by atoms with van der Waals surface area (Å²) in [7, 11) is 0. The fourth-order valence-electron chi connectivity index (χ4n) is 1.14. The number of allylic oxidation sites excluding steroid dienone is 2. The Morgan fingerprint density at radius 1 is 1.23 bits per heavy atom. The molecule has 0 bridgehead atoms. The van der Waals surface area contributed by atoms with E-state index in [1.165, 1.54) is 0 Å². The van der Waals surface area contributed by atoms with Crippen LogP contribution in [-0.2, 0) is 7.45 Å². The molecule has 2 heterocycles. The Morgan fingerprint density at radius 2 is 1.92 bits per heavy atom. The van der Waals surface area contributed by atoms with Gasteiger partial charge < -0.3 is 0 Å². The monoisotopic (exact) mass is 243 g/mol. The normalized spacial score (nSPS) is 26.2. The molecule has 0 aliphatic carbocycles. The van der Waals surface area contributed by atoms with Crippen LogP contribution < -0.4 is 0 Å². The van der Waals surface area contributed by atoms with Crippen LogP contribution in [0.4, 0.5) is 0 Å². The second kappa shape index (κ2) is 2.71. The van der Waals surface area contributed by atoms with Gasteiger partial charge in [-0.15, -0.1) is 0 Å². The van der Waals surface area contributed by atoms with Crippen molar-refractivity contribution >= 4 is 15.6 Å². The molecule has 4 heteroatoms. The molecule has 0 saturated heterocycles. The summed E-state index contributed by atoms with van der Waals surface area (Å²) in [5.74, 6) is 2.00. The van der Waals surface area contributed by atoms with E-state index in [2.05, 4.69) is 30.8 Å². The van der Waals surface area contributed by atoms with Crippen molar-refractivity contribution in [3.05, 3.63) is 23.9 Å². The molecule has 0 spiro atoms. The number of rotatable bonds is 0. The number of hydrogen-bond donors (Lipinski definition) is 0. The van der Waals surface area contributed by atoms with Crippen LogP contribution in [0.3, 0.4) is 0 Å². The first-order valence-electron chi connectivity index (χ1n) is 4.32. The molecule has 2 rings (SSSR count). The van der Waals surface area contributed by atoms with Crippen molar-refractivity contribution in [2.45, 2.75) is 27.7 Å². The van der Waals surface area contributed by atoms with E-state index in [-0.39, 0.29) is 5.41 Å². The molecule has 1 unspecified atom stereocenters. The van der Waals surface area contributed by atoms with Gasteiger partial charge in [-0.3, -0.25) is 0 Å². The van der Waals surface area contributed by atoms with Crippen LogP contribution in [0.2, 0.25) is 0 Å². The second-order valence-corrected chi connectivity index (χ2v) is 7.02. The van der Waals surface area contributed by atoms with E-state index < -0.39 is 15.6 Å². The van der Waals surface area contributed by atoms with E-state index >= 15 is 0 Å². The molecule has 72 valence electrons. The molecule has 1 atom stereocenters. The molecular formula is C9H14AsNO2. The predicted molar refractivity (Wildman–Crippen MR) is 51.1 cm³/mol. The van der Waals surface area contributed by atoms with Crippen molar-refractivity contribution in [3.8, 4) is 0 Å². The Labute approximate surface area is 84.2 Å². The molecule has 2 aliphatic rings. The van der Waals surface area contributed by atoms with Gasteiger partial charge in [0.05, 0.1) is 0 Å². The molecule has 3 nitrogen and oxygen atoms in total. The van der Waals surface area contributed by atoms with Crippen LogP contribution in [0.5, 0.6) is 0 Å². The summed E-state index contributed by atoms with van der Waals surface area (Å²) in [5.41, 5.74) is 0.0875. The summed E-state index contributed by atoms with van der Waals surface area (Å²) in [6.07, 6.45) is 4.08. The maximum absolute atomic E-state index is 5.78. The summed E-state index contributed by atoms with van der Waals surface area (Å²) in [6.45, 7) is 8.40. The average molecular weight is 243 g/mol. The third kappa shape index (κ3) is 1.57. The number of fused-ring (bicyclic) bond motifs is 1. The van der Waals surface area contributed by atoms with E-state index in [4.69, 9.17) is 7.45 Å². The van der Waals surface area contributed by atoms with Crippen LogP contribution in [0.25, 0.3) is 0 Å². The molecule has 0 saturated carbocycles. The van der Waals surface area contributed by atoms with Gasteiger partial charge in [-0.2, -0.15) is 0 Å². The summed E-state index contributed by atoms with van der Waals surface area (Å²) in [6, 6.07) is 0. The van der Waals surface area contributed by atoms with Gasteiger partial charge in [-0.1, -0.05) is 0 Å². The summed E-state index contributed by atoms with van der Waals surface area (Å²) >= 11 is -1.68. The van der Waals surface area contributed by atoms with Gasteiger partial charge >= 0.3 is 83.9 Å². The first-order valence-corrected chi connectivity index (χ1v) is 6.69. The first kappa shape index (κ1) is 9.01. The maximum atomic E-state index is 5.78. The van der Waals surface area contributed by atoms with Crippen molar-refractivity contribution in [3.63, 3.8) is 0 Å². The third-order valence-corrected chi connectivity index (χ3v) is 4.84. The SMILES string of the molecule is CC1=CN2C=C(C(C)(C)C)O[As]2O1. The van der Waals surface area contributed by atoms with Crippen molar-refractivity contribution in [2.24, 2.45) is 5.41 Å². The van der Waals surface area contributed by atoms with E-state index in [0.29, 0.717) is 0 Å². The molecule has 13 heavy (non-hydrogen) atoms. The van der Waals surface area contributed by atoms with E-state index in [0.717, 1.165) is 11.5 Å². The Kier molecular flexibility index (Phi) is 1.88. The zero-order chi connectivity index (χ0) is 9.64. The van der Waals surface area contributed by atoms with Crippen molar-refractivity contribution in [1.29, 1.82) is 0 Å².